The van der Waals surface area contributed by atoms with Gasteiger partial charge in [0.1, 0.15) is 5.82 Å². The number of hydrogen-bond donors (Lipinski definition) is 0. The van der Waals surface area contributed by atoms with Crippen molar-refractivity contribution in [3.8, 4) is 11.1 Å². The van der Waals surface area contributed by atoms with Gasteiger partial charge in [0.25, 0.3) is 0 Å². The summed E-state index contributed by atoms with van der Waals surface area (Å²) in [5, 5.41) is 1.21. The molecule has 0 bridgehead atoms. The van der Waals surface area contributed by atoms with Crippen LogP contribution in [0.5, 0.6) is 0 Å². The van der Waals surface area contributed by atoms with Crippen molar-refractivity contribution in [2.75, 3.05) is 0 Å². The molecule has 82 valence electrons. The number of benzene rings is 2. The molecule has 0 aliphatic rings. The van der Waals surface area contributed by atoms with Crippen molar-refractivity contribution < 1.29 is 4.39 Å². The molecule has 3 heteroatoms. The van der Waals surface area contributed by atoms with Gasteiger partial charge in [-0.2, -0.15) is 0 Å². The Morgan fingerprint density at radius 3 is 2.19 bits per heavy atom. The van der Waals surface area contributed by atoms with Crippen LogP contribution in [0, 0.1) is 12.7 Å². The number of hydrogen-bond acceptors (Lipinski definition) is 0. The fourth-order valence-electron chi connectivity index (χ4n) is 1.51. The maximum atomic E-state index is 12.8. The summed E-state index contributed by atoms with van der Waals surface area (Å²) in [4.78, 5) is 0. The van der Waals surface area contributed by atoms with Gasteiger partial charge in [-0.1, -0.05) is 35.3 Å². The first kappa shape index (κ1) is 11.4. The molecule has 0 N–H and O–H groups in total. The van der Waals surface area contributed by atoms with E-state index in [2.05, 4.69) is 0 Å². The molecule has 0 saturated heterocycles. The maximum absolute atomic E-state index is 12.8. The van der Waals surface area contributed by atoms with E-state index >= 15 is 0 Å². The van der Waals surface area contributed by atoms with Crippen molar-refractivity contribution in [1.82, 2.24) is 0 Å². The Balaban J connectivity index is 2.56. The average molecular weight is 255 g/mol. The second-order valence-electron chi connectivity index (χ2n) is 3.59. The quantitative estimate of drug-likeness (QED) is 0.664. The second-order valence-corrected chi connectivity index (χ2v) is 4.40. The molecule has 0 atom stereocenters. The average Bonchev–Trinajstić information content (AvgIpc) is 2.25. The molecule has 0 spiro atoms. The minimum absolute atomic E-state index is 0.259. The summed E-state index contributed by atoms with van der Waals surface area (Å²) in [6, 6.07) is 9.83. The van der Waals surface area contributed by atoms with Crippen LogP contribution in [0.15, 0.2) is 36.4 Å². The summed E-state index contributed by atoms with van der Waals surface area (Å²) < 4.78 is 12.8. The van der Waals surface area contributed by atoms with E-state index in [0.29, 0.717) is 10.0 Å². The molecule has 0 aliphatic carbocycles. The monoisotopic (exact) mass is 254 g/mol. The molecule has 0 fully saturated rings. The van der Waals surface area contributed by atoms with Crippen LogP contribution < -0.4 is 0 Å². The van der Waals surface area contributed by atoms with Crippen molar-refractivity contribution >= 4 is 23.2 Å². The zero-order valence-corrected chi connectivity index (χ0v) is 10.1. The van der Waals surface area contributed by atoms with Crippen molar-refractivity contribution in [2.24, 2.45) is 0 Å². The molecule has 0 saturated carbocycles. The Hall–Kier alpha value is -1.05. The van der Waals surface area contributed by atoms with E-state index in [9.17, 15) is 4.39 Å². The van der Waals surface area contributed by atoms with E-state index in [4.69, 9.17) is 23.2 Å². The third-order valence-corrected chi connectivity index (χ3v) is 3.12. The third kappa shape index (κ3) is 2.21. The van der Waals surface area contributed by atoms with E-state index in [1.54, 1.807) is 18.2 Å². The van der Waals surface area contributed by atoms with Crippen LogP contribution in [0.4, 0.5) is 4.39 Å². The van der Waals surface area contributed by atoms with Crippen LogP contribution in [0.2, 0.25) is 10.0 Å². The smallest absolute Gasteiger partial charge is 0.123 e. The largest absolute Gasteiger partial charge is 0.207 e. The van der Waals surface area contributed by atoms with Gasteiger partial charge in [0.05, 0.1) is 0 Å². The standard InChI is InChI=1S/C13H9Cl2F/c1-8-6-11(13(15)7-12(8)14)9-2-4-10(16)5-3-9/h2-7H,1H3. The predicted molar refractivity (Wildman–Crippen MR) is 66.6 cm³/mol. The van der Waals surface area contributed by atoms with Gasteiger partial charge >= 0.3 is 0 Å². The van der Waals surface area contributed by atoms with Crippen molar-refractivity contribution in [1.29, 1.82) is 0 Å². The molecule has 2 aromatic carbocycles. The van der Waals surface area contributed by atoms with Crippen LogP contribution in [0.1, 0.15) is 5.56 Å². The van der Waals surface area contributed by atoms with E-state index in [1.807, 2.05) is 13.0 Å². The van der Waals surface area contributed by atoms with Crippen molar-refractivity contribution in [2.45, 2.75) is 6.92 Å². The molecule has 0 radical (unpaired) electrons. The van der Waals surface area contributed by atoms with Crippen molar-refractivity contribution in [3.63, 3.8) is 0 Å². The fourth-order valence-corrected chi connectivity index (χ4v) is 2.00. The summed E-state index contributed by atoms with van der Waals surface area (Å²) in [6.07, 6.45) is 0. The van der Waals surface area contributed by atoms with Crippen LogP contribution in [0.25, 0.3) is 11.1 Å². The molecule has 2 rings (SSSR count). The predicted octanol–water partition coefficient (Wildman–Crippen LogP) is 5.11. The highest BCUT2D eigenvalue weighted by atomic mass is 35.5. The van der Waals surface area contributed by atoms with Crippen LogP contribution in [0.3, 0.4) is 0 Å². The molecule has 0 nitrogen and oxygen atoms in total. The fraction of sp³-hybridized carbons (Fsp3) is 0.0769. The SMILES string of the molecule is Cc1cc(-c2ccc(F)cc2)c(Cl)cc1Cl. The molecule has 0 unspecified atom stereocenters. The lowest BCUT2D eigenvalue weighted by Gasteiger charge is -2.07. The summed E-state index contributed by atoms with van der Waals surface area (Å²) >= 11 is 12.1. The Kier molecular flexibility index (Phi) is 3.17. The lowest BCUT2D eigenvalue weighted by Crippen LogP contribution is -1.84. The minimum atomic E-state index is -0.259. The Labute approximate surface area is 104 Å². The first-order valence-corrected chi connectivity index (χ1v) is 5.55. The molecule has 16 heavy (non-hydrogen) atoms. The summed E-state index contributed by atoms with van der Waals surface area (Å²) in [5.41, 5.74) is 2.69. The summed E-state index contributed by atoms with van der Waals surface area (Å²) in [5.74, 6) is -0.259. The van der Waals surface area contributed by atoms with Gasteiger partial charge in [0.15, 0.2) is 0 Å². The van der Waals surface area contributed by atoms with Gasteiger partial charge < -0.3 is 0 Å². The molecular formula is C13H9Cl2F. The summed E-state index contributed by atoms with van der Waals surface area (Å²) in [7, 11) is 0. The van der Waals surface area contributed by atoms with Crippen LogP contribution >= 0.6 is 23.2 Å². The van der Waals surface area contributed by atoms with Gasteiger partial charge in [0, 0.05) is 15.6 Å². The van der Waals surface area contributed by atoms with Crippen LogP contribution in [-0.4, -0.2) is 0 Å². The second kappa shape index (κ2) is 4.44. The maximum Gasteiger partial charge on any atom is 0.123 e. The van der Waals surface area contributed by atoms with Gasteiger partial charge in [-0.25, -0.2) is 4.39 Å². The minimum Gasteiger partial charge on any atom is -0.207 e. The zero-order valence-electron chi connectivity index (χ0n) is 8.60. The number of aryl methyl sites for hydroxylation is 1. The van der Waals surface area contributed by atoms with Crippen LogP contribution in [-0.2, 0) is 0 Å². The molecule has 2 aromatic rings. The van der Waals surface area contributed by atoms with Gasteiger partial charge in [-0.05, 0) is 42.3 Å². The molecule has 0 aromatic heterocycles. The van der Waals surface area contributed by atoms with E-state index in [-0.39, 0.29) is 5.82 Å². The van der Waals surface area contributed by atoms with Crippen molar-refractivity contribution in [3.05, 3.63) is 57.8 Å². The lowest BCUT2D eigenvalue weighted by molar-refractivity contribution is 0.628. The van der Waals surface area contributed by atoms with Gasteiger partial charge in [-0.3, -0.25) is 0 Å². The highest BCUT2D eigenvalue weighted by Crippen LogP contribution is 2.32. The lowest BCUT2D eigenvalue weighted by atomic mass is 10.0. The van der Waals surface area contributed by atoms with Gasteiger partial charge in [0.2, 0.25) is 0 Å². The molecule has 0 amide bonds. The van der Waals surface area contributed by atoms with Gasteiger partial charge in [-0.15, -0.1) is 0 Å². The van der Waals surface area contributed by atoms with E-state index < -0.39 is 0 Å². The van der Waals surface area contributed by atoms with E-state index in [0.717, 1.165) is 16.7 Å². The normalized spacial score (nSPS) is 10.5. The Bertz CT molecular complexity index is 518. The number of rotatable bonds is 1. The third-order valence-electron chi connectivity index (χ3n) is 2.40. The Morgan fingerprint density at radius 1 is 0.938 bits per heavy atom. The summed E-state index contributed by atoms with van der Waals surface area (Å²) in [6.45, 7) is 1.91. The molecular weight excluding hydrogens is 246 g/mol. The first-order valence-electron chi connectivity index (χ1n) is 4.79. The molecule has 0 aliphatic heterocycles. The highest BCUT2D eigenvalue weighted by Gasteiger charge is 2.06. The zero-order chi connectivity index (χ0) is 11.7. The first-order chi connectivity index (χ1) is 7.58. The highest BCUT2D eigenvalue weighted by molar-refractivity contribution is 6.36. The van der Waals surface area contributed by atoms with E-state index in [1.165, 1.54) is 12.1 Å². The topological polar surface area (TPSA) is 0 Å². The number of halogens is 3. The Morgan fingerprint density at radius 2 is 1.56 bits per heavy atom. The molecule has 0 heterocycles.